The van der Waals surface area contributed by atoms with Crippen LogP contribution >= 0.6 is 0 Å². The van der Waals surface area contributed by atoms with Gasteiger partial charge in [-0.05, 0) is 32.4 Å². The van der Waals surface area contributed by atoms with Gasteiger partial charge in [0.25, 0.3) is 5.56 Å². The van der Waals surface area contributed by atoms with E-state index in [2.05, 4.69) is 20.4 Å². The van der Waals surface area contributed by atoms with Crippen LogP contribution in [0.5, 0.6) is 0 Å². The predicted molar refractivity (Wildman–Crippen MR) is 93.1 cm³/mol. The molecule has 0 spiro atoms. The van der Waals surface area contributed by atoms with Gasteiger partial charge in [0, 0.05) is 6.04 Å². The molecule has 0 fully saturated rings. The molecule has 1 N–H and O–H groups in total. The zero-order valence-corrected chi connectivity index (χ0v) is 14.4. The maximum absolute atomic E-state index is 12.5. The number of aromatic nitrogens is 5. The predicted octanol–water partition coefficient (Wildman–Crippen LogP) is 1.06. The summed E-state index contributed by atoms with van der Waals surface area (Å²) in [5.41, 5.74) is 1.37. The highest BCUT2D eigenvalue weighted by Gasteiger charge is 2.17. The first kappa shape index (κ1) is 16.8. The van der Waals surface area contributed by atoms with Crippen LogP contribution in [0.4, 0.5) is 0 Å². The Morgan fingerprint density at radius 2 is 2.08 bits per heavy atom. The molecule has 0 aliphatic carbocycles. The lowest BCUT2D eigenvalue weighted by Gasteiger charge is -2.21. The Morgan fingerprint density at radius 3 is 2.80 bits per heavy atom. The molecule has 2 aromatic heterocycles. The molecule has 0 aliphatic heterocycles. The van der Waals surface area contributed by atoms with Gasteiger partial charge in [0.15, 0.2) is 0 Å². The number of carbonyl (C=O) groups excluding carboxylic acids is 1. The first-order chi connectivity index (χ1) is 12.0. The highest BCUT2D eigenvalue weighted by atomic mass is 16.2. The van der Waals surface area contributed by atoms with Gasteiger partial charge in [-0.3, -0.25) is 14.2 Å². The molecule has 0 aliphatic rings. The Kier molecular flexibility index (Phi) is 4.60. The topological polar surface area (TPSA) is 94.7 Å². The van der Waals surface area contributed by atoms with Gasteiger partial charge < -0.3 is 5.32 Å². The van der Waals surface area contributed by atoms with Crippen LogP contribution in [0, 0.1) is 6.92 Å². The Bertz CT molecular complexity index is 947. The van der Waals surface area contributed by atoms with Crippen LogP contribution in [0.2, 0.25) is 0 Å². The Balaban J connectivity index is 1.74. The average molecular weight is 340 g/mol. The minimum absolute atomic E-state index is 0.0550. The van der Waals surface area contributed by atoms with Crippen molar-refractivity contribution >= 4 is 16.8 Å². The molecule has 25 heavy (non-hydrogen) atoms. The maximum atomic E-state index is 12.5. The number of carbonyl (C=O) groups is 1. The number of hydrogen-bond donors (Lipinski definition) is 1. The van der Waals surface area contributed by atoms with E-state index in [-0.39, 0.29) is 30.1 Å². The number of rotatable bonds is 5. The fourth-order valence-corrected chi connectivity index (χ4v) is 2.68. The molecule has 8 heteroatoms. The first-order valence-corrected chi connectivity index (χ1v) is 8.05. The summed E-state index contributed by atoms with van der Waals surface area (Å²) >= 11 is 0. The van der Waals surface area contributed by atoms with Crippen LogP contribution in [-0.4, -0.2) is 36.3 Å². The monoisotopic (exact) mass is 340 g/mol. The Labute approximate surface area is 144 Å². The number of hydrogen-bond acceptors (Lipinski definition) is 5. The third-order valence-corrected chi connectivity index (χ3v) is 4.34. The van der Waals surface area contributed by atoms with E-state index in [0.717, 1.165) is 5.56 Å². The van der Waals surface area contributed by atoms with Crippen LogP contribution in [0.3, 0.4) is 0 Å². The molecule has 2 atom stereocenters. The van der Waals surface area contributed by atoms with Crippen LogP contribution in [0.1, 0.15) is 25.5 Å². The summed E-state index contributed by atoms with van der Waals surface area (Å²) in [5, 5.41) is 7.48. The summed E-state index contributed by atoms with van der Waals surface area (Å²) in [7, 11) is 0. The van der Waals surface area contributed by atoms with Crippen molar-refractivity contribution in [3.8, 4) is 0 Å². The molecule has 130 valence electrons. The quantitative estimate of drug-likeness (QED) is 0.749. The molecule has 0 saturated carbocycles. The van der Waals surface area contributed by atoms with Crippen molar-refractivity contribution < 1.29 is 4.79 Å². The number of nitrogens with one attached hydrogen (secondary N) is 1. The number of aryl methyl sites for hydroxylation is 1. The summed E-state index contributed by atoms with van der Waals surface area (Å²) in [6.45, 7) is 5.64. The van der Waals surface area contributed by atoms with Gasteiger partial charge in [-0.2, -0.15) is 5.10 Å². The van der Waals surface area contributed by atoms with E-state index < -0.39 is 0 Å². The van der Waals surface area contributed by atoms with Gasteiger partial charge in [0.05, 0.1) is 23.3 Å². The van der Waals surface area contributed by atoms with Gasteiger partial charge >= 0.3 is 0 Å². The summed E-state index contributed by atoms with van der Waals surface area (Å²) in [6, 6.07) is 5.22. The average Bonchev–Trinajstić information content (AvgIpc) is 3.11. The highest BCUT2D eigenvalue weighted by Crippen LogP contribution is 2.11. The highest BCUT2D eigenvalue weighted by molar-refractivity contribution is 5.81. The Hall–Kier alpha value is -3.03. The Morgan fingerprint density at radius 1 is 1.28 bits per heavy atom. The molecule has 8 nitrogen and oxygen atoms in total. The van der Waals surface area contributed by atoms with Crippen molar-refractivity contribution in [3.63, 3.8) is 0 Å². The fraction of sp³-hybridized carbons (Fsp3) is 0.353. The molecule has 1 amide bonds. The van der Waals surface area contributed by atoms with Crippen molar-refractivity contribution in [3.05, 3.63) is 53.1 Å². The number of fused-ring (bicyclic) bond motifs is 1. The second-order valence-corrected chi connectivity index (χ2v) is 6.12. The van der Waals surface area contributed by atoms with Gasteiger partial charge in [-0.1, -0.05) is 12.1 Å². The van der Waals surface area contributed by atoms with Crippen molar-refractivity contribution in [1.82, 2.24) is 29.6 Å². The number of para-hydroxylation sites is 1. The summed E-state index contributed by atoms with van der Waals surface area (Å²) in [6.07, 6.45) is 4.48. The van der Waals surface area contributed by atoms with E-state index >= 15 is 0 Å². The number of nitrogens with zero attached hydrogens (tertiary/aromatic N) is 5. The zero-order chi connectivity index (χ0) is 18.0. The lowest BCUT2D eigenvalue weighted by Crippen LogP contribution is -2.41. The summed E-state index contributed by atoms with van der Waals surface area (Å²) in [4.78, 5) is 33.1. The van der Waals surface area contributed by atoms with Gasteiger partial charge in [0.1, 0.15) is 19.2 Å². The number of benzene rings is 1. The van der Waals surface area contributed by atoms with E-state index in [0.29, 0.717) is 10.9 Å². The normalized spacial score (nSPS) is 13.6. The minimum Gasteiger partial charge on any atom is -0.350 e. The third kappa shape index (κ3) is 3.42. The molecule has 3 aromatic rings. The van der Waals surface area contributed by atoms with E-state index in [4.69, 9.17) is 0 Å². The fourth-order valence-electron chi connectivity index (χ4n) is 2.68. The van der Waals surface area contributed by atoms with E-state index in [1.165, 1.54) is 17.2 Å². The van der Waals surface area contributed by atoms with E-state index in [1.807, 2.05) is 32.9 Å². The zero-order valence-electron chi connectivity index (χ0n) is 14.4. The van der Waals surface area contributed by atoms with Crippen molar-refractivity contribution in [2.24, 2.45) is 0 Å². The molecule has 0 bridgehead atoms. The van der Waals surface area contributed by atoms with Crippen molar-refractivity contribution in [2.75, 3.05) is 0 Å². The SMILES string of the molecule is Cc1cccc2c(=O)n(CC(=O)N[C@@H](C)[C@H](C)n3cncn3)cnc12. The van der Waals surface area contributed by atoms with Gasteiger partial charge in [-0.25, -0.2) is 14.6 Å². The summed E-state index contributed by atoms with van der Waals surface area (Å²) < 4.78 is 3.00. The van der Waals surface area contributed by atoms with Crippen LogP contribution in [-0.2, 0) is 11.3 Å². The molecule has 3 rings (SSSR count). The van der Waals surface area contributed by atoms with Crippen LogP contribution in [0.15, 0.2) is 42.0 Å². The summed E-state index contributed by atoms with van der Waals surface area (Å²) in [5.74, 6) is -0.254. The van der Waals surface area contributed by atoms with Crippen molar-refractivity contribution in [2.45, 2.75) is 39.4 Å². The molecule has 0 unspecified atom stereocenters. The largest absolute Gasteiger partial charge is 0.350 e. The smallest absolute Gasteiger partial charge is 0.261 e. The first-order valence-electron chi connectivity index (χ1n) is 8.05. The van der Waals surface area contributed by atoms with Gasteiger partial charge in [-0.15, -0.1) is 0 Å². The van der Waals surface area contributed by atoms with E-state index in [1.54, 1.807) is 17.1 Å². The third-order valence-electron chi connectivity index (χ3n) is 4.34. The van der Waals surface area contributed by atoms with E-state index in [9.17, 15) is 9.59 Å². The molecular formula is C17H20N6O2. The molecule has 0 saturated heterocycles. The number of amides is 1. The molecular weight excluding hydrogens is 320 g/mol. The standard InChI is InChI=1S/C17H20N6O2/c1-11-5-4-6-14-16(11)19-10-22(17(14)25)7-15(24)21-12(2)13(3)23-9-18-8-20-23/h4-6,8-10,12-13H,7H2,1-3H3,(H,21,24)/t12-,13-/m0/s1. The second-order valence-electron chi connectivity index (χ2n) is 6.12. The minimum atomic E-state index is -0.254. The van der Waals surface area contributed by atoms with Crippen LogP contribution in [0.25, 0.3) is 10.9 Å². The maximum Gasteiger partial charge on any atom is 0.261 e. The molecule has 1 aromatic carbocycles. The lowest BCUT2D eigenvalue weighted by molar-refractivity contribution is -0.122. The van der Waals surface area contributed by atoms with Crippen LogP contribution < -0.4 is 10.9 Å². The molecule has 2 heterocycles. The second kappa shape index (κ2) is 6.84. The lowest BCUT2D eigenvalue weighted by atomic mass is 10.1. The molecule has 0 radical (unpaired) electrons. The van der Waals surface area contributed by atoms with Crippen molar-refractivity contribution in [1.29, 1.82) is 0 Å². The van der Waals surface area contributed by atoms with Gasteiger partial charge in [0.2, 0.25) is 5.91 Å².